The van der Waals surface area contributed by atoms with Gasteiger partial charge in [0, 0.05) is 10.8 Å². The van der Waals surface area contributed by atoms with Crippen LogP contribution in [0, 0.1) is 23.7 Å². The Hall–Kier alpha value is 0.580. The Labute approximate surface area is 109 Å². The van der Waals surface area contributed by atoms with E-state index in [0.717, 1.165) is 23.7 Å². The van der Waals surface area contributed by atoms with Crippen LogP contribution in [0.5, 0.6) is 0 Å². The molecular formula is C14H22Cl2. The first kappa shape index (κ1) is 11.7. The first-order valence-electron chi connectivity index (χ1n) is 7.07. The summed E-state index contributed by atoms with van der Waals surface area (Å²) in [6.07, 6.45) is 10.9. The van der Waals surface area contributed by atoms with Gasteiger partial charge in [-0.1, -0.05) is 25.7 Å². The molecule has 0 spiro atoms. The fraction of sp³-hybridized carbons (Fsp3) is 1.00. The highest BCUT2D eigenvalue weighted by atomic mass is 35.5. The van der Waals surface area contributed by atoms with E-state index in [0.29, 0.717) is 10.8 Å². The minimum atomic E-state index is 0.436. The molecule has 0 aromatic heterocycles. The van der Waals surface area contributed by atoms with Crippen LogP contribution in [0.3, 0.4) is 0 Å². The van der Waals surface area contributed by atoms with Gasteiger partial charge in [0.15, 0.2) is 0 Å². The molecule has 92 valence electrons. The SMILES string of the molecule is ClC1C2CCCCC2C(Cl)C2CCCCC12. The summed E-state index contributed by atoms with van der Waals surface area (Å²) < 4.78 is 0. The summed E-state index contributed by atoms with van der Waals surface area (Å²) in [5, 5.41) is 0.871. The van der Waals surface area contributed by atoms with Crippen LogP contribution in [0.2, 0.25) is 0 Å². The van der Waals surface area contributed by atoms with Crippen molar-refractivity contribution in [1.82, 2.24) is 0 Å². The Morgan fingerprint density at radius 3 is 1.00 bits per heavy atom. The van der Waals surface area contributed by atoms with Gasteiger partial charge in [-0.05, 0) is 49.4 Å². The molecule has 3 rings (SSSR count). The number of halogens is 2. The molecule has 0 aromatic rings. The molecule has 0 aromatic carbocycles. The molecule has 0 aliphatic heterocycles. The van der Waals surface area contributed by atoms with Gasteiger partial charge in [-0.25, -0.2) is 0 Å². The van der Waals surface area contributed by atoms with E-state index in [1.165, 1.54) is 51.4 Å². The molecule has 0 heterocycles. The molecule has 16 heavy (non-hydrogen) atoms. The van der Waals surface area contributed by atoms with Gasteiger partial charge in [-0.15, -0.1) is 23.2 Å². The molecule has 0 N–H and O–H groups in total. The third-order valence-electron chi connectivity index (χ3n) is 5.39. The molecule has 2 heteroatoms. The van der Waals surface area contributed by atoms with Crippen LogP contribution in [0.15, 0.2) is 0 Å². The van der Waals surface area contributed by atoms with Crippen molar-refractivity contribution < 1.29 is 0 Å². The van der Waals surface area contributed by atoms with Gasteiger partial charge in [0.25, 0.3) is 0 Å². The summed E-state index contributed by atoms with van der Waals surface area (Å²) in [5.41, 5.74) is 0. The molecule has 0 radical (unpaired) electrons. The number of hydrogen-bond donors (Lipinski definition) is 0. The third-order valence-corrected chi connectivity index (χ3v) is 6.68. The van der Waals surface area contributed by atoms with Crippen LogP contribution in [-0.4, -0.2) is 10.8 Å². The Bertz CT molecular complexity index is 203. The zero-order valence-electron chi connectivity index (χ0n) is 9.88. The average Bonchev–Trinajstić information content (AvgIpc) is 2.36. The monoisotopic (exact) mass is 260 g/mol. The average molecular weight is 261 g/mol. The van der Waals surface area contributed by atoms with Crippen molar-refractivity contribution in [3.05, 3.63) is 0 Å². The second-order valence-electron chi connectivity index (χ2n) is 6.11. The Morgan fingerprint density at radius 1 is 0.500 bits per heavy atom. The van der Waals surface area contributed by atoms with Crippen molar-refractivity contribution in [1.29, 1.82) is 0 Å². The van der Waals surface area contributed by atoms with Crippen LogP contribution < -0.4 is 0 Å². The summed E-state index contributed by atoms with van der Waals surface area (Å²) >= 11 is 13.5. The lowest BCUT2D eigenvalue weighted by Gasteiger charge is -2.51. The van der Waals surface area contributed by atoms with Crippen LogP contribution in [0.25, 0.3) is 0 Å². The molecule has 4 atom stereocenters. The van der Waals surface area contributed by atoms with Gasteiger partial charge in [0.1, 0.15) is 0 Å². The minimum absolute atomic E-state index is 0.436. The van der Waals surface area contributed by atoms with Crippen LogP contribution >= 0.6 is 23.2 Å². The zero-order chi connectivity index (χ0) is 11.1. The highest BCUT2D eigenvalue weighted by molar-refractivity contribution is 6.23. The van der Waals surface area contributed by atoms with Crippen molar-refractivity contribution in [2.24, 2.45) is 23.7 Å². The lowest BCUT2D eigenvalue weighted by Crippen LogP contribution is -2.50. The van der Waals surface area contributed by atoms with Crippen LogP contribution in [-0.2, 0) is 0 Å². The Balaban J connectivity index is 1.83. The molecule has 0 bridgehead atoms. The number of rotatable bonds is 0. The number of hydrogen-bond acceptors (Lipinski definition) is 0. The fourth-order valence-corrected chi connectivity index (χ4v) is 5.84. The third kappa shape index (κ3) is 1.81. The predicted octanol–water partition coefficient (Wildman–Crippen LogP) is 4.83. The van der Waals surface area contributed by atoms with Crippen molar-refractivity contribution in [2.75, 3.05) is 0 Å². The molecule has 3 saturated carbocycles. The van der Waals surface area contributed by atoms with Gasteiger partial charge >= 0.3 is 0 Å². The van der Waals surface area contributed by atoms with Crippen LogP contribution in [0.1, 0.15) is 51.4 Å². The van der Waals surface area contributed by atoms with E-state index in [-0.39, 0.29) is 0 Å². The molecule has 0 saturated heterocycles. The maximum absolute atomic E-state index is 6.77. The summed E-state index contributed by atoms with van der Waals surface area (Å²) in [6, 6.07) is 0. The molecule has 3 aliphatic rings. The van der Waals surface area contributed by atoms with E-state index < -0.39 is 0 Å². The van der Waals surface area contributed by atoms with Crippen molar-refractivity contribution >= 4 is 23.2 Å². The topological polar surface area (TPSA) is 0 Å². The van der Waals surface area contributed by atoms with E-state index in [2.05, 4.69) is 0 Å². The summed E-state index contributed by atoms with van der Waals surface area (Å²) in [6.45, 7) is 0. The number of alkyl halides is 2. The van der Waals surface area contributed by atoms with Gasteiger partial charge in [-0.2, -0.15) is 0 Å². The second kappa shape index (κ2) is 4.69. The minimum Gasteiger partial charge on any atom is -0.122 e. The largest absolute Gasteiger partial charge is 0.122 e. The van der Waals surface area contributed by atoms with E-state index in [9.17, 15) is 0 Å². The van der Waals surface area contributed by atoms with E-state index in [1.54, 1.807) is 0 Å². The molecular weight excluding hydrogens is 239 g/mol. The molecule has 0 amide bonds. The van der Waals surface area contributed by atoms with E-state index in [4.69, 9.17) is 23.2 Å². The first-order chi connectivity index (χ1) is 7.79. The second-order valence-corrected chi connectivity index (χ2v) is 7.12. The van der Waals surface area contributed by atoms with Gasteiger partial charge in [0.2, 0.25) is 0 Å². The Kier molecular flexibility index (Phi) is 3.42. The lowest BCUT2D eigenvalue weighted by molar-refractivity contribution is 0.0620. The van der Waals surface area contributed by atoms with Gasteiger partial charge in [-0.3, -0.25) is 0 Å². The first-order valence-corrected chi connectivity index (χ1v) is 7.94. The summed E-state index contributed by atoms with van der Waals surface area (Å²) in [4.78, 5) is 0. The maximum Gasteiger partial charge on any atom is 0.0398 e. The quantitative estimate of drug-likeness (QED) is 0.548. The van der Waals surface area contributed by atoms with E-state index in [1.807, 2.05) is 0 Å². The molecule has 4 unspecified atom stereocenters. The van der Waals surface area contributed by atoms with Crippen molar-refractivity contribution in [2.45, 2.75) is 62.1 Å². The number of fused-ring (bicyclic) bond motifs is 2. The maximum atomic E-state index is 6.77. The summed E-state index contributed by atoms with van der Waals surface area (Å²) in [7, 11) is 0. The van der Waals surface area contributed by atoms with E-state index >= 15 is 0 Å². The smallest absolute Gasteiger partial charge is 0.0398 e. The zero-order valence-corrected chi connectivity index (χ0v) is 11.4. The van der Waals surface area contributed by atoms with Gasteiger partial charge in [0.05, 0.1) is 0 Å². The molecule has 0 nitrogen and oxygen atoms in total. The fourth-order valence-electron chi connectivity index (χ4n) is 4.59. The molecule has 3 aliphatic carbocycles. The summed E-state index contributed by atoms with van der Waals surface area (Å²) in [5.74, 6) is 2.93. The van der Waals surface area contributed by atoms with Crippen molar-refractivity contribution in [3.8, 4) is 0 Å². The lowest BCUT2D eigenvalue weighted by atomic mass is 9.59. The van der Waals surface area contributed by atoms with Crippen LogP contribution in [0.4, 0.5) is 0 Å². The highest BCUT2D eigenvalue weighted by Gasteiger charge is 2.49. The molecule has 3 fully saturated rings. The van der Waals surface area contributed by atoms with Gasteiger partial charge < -0.3 is 0 Å². The predicted molar refractivity (Wildman–Crippen MR) is 70.2 cm³/mol. The standard InChI is InChI=1S/C14H22Cl2/c15-13-9-5-1-2-6-10(9)14(16)12-8-4-3-7-11(12)13/h9-14H,1-8H2. The Morgan fingerprint density at radius 2 is 0.750 bits per heavy atom. The highest BCUT2D eigenvalue weighted by Crippen LogP contribution is 2.53. The van der Waals surface area contributed by atoms with Crippen molar-refractivity contribution in [3.63, 3.8) is 0 Å². The normalized spacial score (nSPS) is 52.9.